The van der Waals surface area contributed by atoms with Gasteiger partial charge in [-0.25, -0.2) is 9.78 Å². The van der Waals surface area contributed by atoms with Gasteiger partial charge in [-0.3, -0.25) is 4.79 Å². The zero-order valence-corrected chi connectivity index (χ0v) is 21.8. The van der Waals surface area contributed by atoms with Gasteiger partial charge in [-0.1, -0.05) is 84.4 Å². The van der Waals surface area contributed by atoms with Gasteiger partial charge in [0.05, 0.1) is 22.2 Å². The van der Waals surface area contributed by atoms with E-state index < -0.39 is 11.4 Å². The SMILES string of the molecule is Cc1ccc(-c2oc3c(C)cc(C)cc3c(=O)c2OC(=O)c2cc(-c3ccccc3)nc3ccccc23)cc1. The van der Waals surface area contributed by atoms with Gasteiger partial charge in [0, 0.05) is 16.5 Å². The van der Waals surface area contributed by atoms with E-state index in [4.69, 9.17) is 14.1 Å². The van der Waals surface area contributed by atoms with Crippen LogP contribution in [0.15, 0.2) is 106 Å². The highest BCUT2D eigenvalue weighted by Gasteiger charge is 2.24. The average molecular weight is 512 g/mol. The molecule has 0 N–H and O–H groups in total. The zero-order chi connectivity index (χ0) is 27.1. The number of esters is 1. The lowest BCUT2D eigenvalue weighted by Crippen LogP contribution is -2.17. The summed E-state index contributed by atoms with van der Waals surface area (Å²) in [5.41, 5.74) is 6.01. The first kappa shape index (κ1) is 24.3. The van der Waals surface area contributed by atoms with Crippen LogP contribution in [0.25, 0.3) is 44.5 Å². The third-order valence-electron chi connectivity index (χ3n) is 6.79. The van der Waals surface area contributed by atoms with Crippen molar-refractivity contribution in [3.05, 3.63) is 130 Å². The van der Waals surface area contributed by atoms with Crippen molar-refractivity contribution in [1.29, 1.82) is 0 Å². The molecule has 0 aliphatic heterocycles. The Bertz CT molecular complexity index is 1940. The second-order valence-electron chi connectivity index (χ2n) is 9.74. The molecule has 0 saturated carbocycles. The predicted octanol–water partition coefficient (Wildman–Crippen LogP) is 7.82. The summed E-state index contributed by atoms with van der Waals surface area (Å²) in [4.78, 5) is 32.5. The van der Waals surface area contributed by atoms with Crippen LogP contribution in [0.1, 0.15) is 27.0 Å². The molecule has 2 aromatic heterocycles. The Hall–Kier alpha value is -5.03. The number of nitrogens with zero attached hydrogens (tertiary/aromatic N) is 1. The van der Waals surface area contributed by atoms with Crippen LogP contribution >= 0.6 is 0 Å². The predicted molar refractivity (Wildman–Crippen MR) is 154 cm³/mol. The minimum Gasteiger partial charge on any atom is -0.452 e. The van der Waals surface area contributed by atoms with Crippen LogP contribution < -0.4 is 10.2 Å². The fraction of sp³-hybridized carbons (Fsp3) is 0.0882. The Kier molecular flexibility index (Phi) is 6.04. The lowest BCUT2D eigenvalue weighted by Gasteiger charge is -2.14. The third-order valence-corrected chi connectivity index (χ3v) is 6.79. The number of para-hydroxylation sites is 1. The number of carbonyl (C=O) groups excluding carboxylic acids is 1. The van der Waals surface area contributed by atoms with Crippen molar-refractivity contribution < 1.29 is 13.9 Å². The topological polar surface area (TPSA) is 69.4 Å². The van der Waals surface area contributed by atoms with Crippen LogP contribution in [0.3, 0.4) is 0 Å². The molecule has 190 valence electrons. The molecule has 5 nitrogen and oxygen atoms in total. The molecule has 0 bridgehead atoms. The monoisotopic (exact) mass is 511 g/mol. The van der Waals surface area contributed by atoms with Gasteiger partial charge in [0.25, 0.3) is 0 Å². The van der Waals surface area contributed by atoms with Crippen LogP contribution in [-0.4, -0.2) is 11.0 Å². The number of rotatable bonds is 4. The van der Waals surface area contributed by atoms with Gasteiger partial charge in [-0.05, 0) is 50.1 Å². The summed E-state index contributed by atoms with van der Waals surface area (Å²) in [6.45, 7) is 5.80. The Morgan fingerprint density at radius 1 is 0.744 bits per heavy atom. The zero-order valence-electron chi connectivity index (χ0n) is 21.8. The molecule has 0 atom stereocenters. The molecule has 2 heterocycles. The van der Waals surface area contributed by atoms with Crippen LogP contribution in [0.4, 0.5) is 0 Å². The van der Waals surface area contributed by atoms with Gasteiger partial charge in [-0.2, -0.15) is 0 Å². The minimum atomic E-state index is -0.657. The quantitative estimate of drug-likeness (QED) is 0.226. The number of hydrogen-bond acceptors (Lipinski definition) is 5. The first-order valence-electron chi connectivity index (χ1n) is 12.7. The minimum absolute atomic E-state index is 0.136. The number of aromatic nitrogens is 1. The van der Waals surface area contributed by atoms with Crippen molar-refractivity contribution in [3.63, 3.8) is 0 Å². The molecule has 0 spiro atoms. The summed E-state index contributed by atoms with van der Waals surface area (Å²) in [6, 6.07) is 30.0. The summed E-state index contributed by atoms with van der Waals surface area (Å²) < 4.78 is 12.3. The summed E-state index contributed by atoms with van der Waals surface area (Å²) in [5, 5.41) is 1.01. The first-order chi connectivity index (χ1) is 18.9. The number of pyridine rings is 1. The van der Waals surface area contributed by atoms with E-state index in [0.29, 0.717) is 38.7 Å². The third kappa shape index (κ3) is 4.48. The van der Waals surface area contributed by atoms with Crippen molar-refractivity contribution in [3.8, 4) is 28.3 Å². The molecule has 6 aromatic rings. The van der Waals surface area contributed by atoms with Crippen LogP contribution in [0.5, 0.6) is 5.75 Å². The normalized spacial score (nSPS) is 11.2. The van der Waals surface area contributed by atoms with E-state index in [1.807, 2.05) is 106 Å². The number of aryl methyl sites for hydroxylation is 3. The molecule has 4 aromatic carbocycles. The summed E-state index contributed by atoms with van der Waals surface area (Å²) in [5.74, 6) is -0.576. The molecule has 0 radical (unpaired) electrons. The Labute approximate surface area is 225 Å². The molecule has 0 fully saturated rings. The van der Waals surface area contributed by atoms with Gasteiger partial charge in [0.2, 0.25) is 11.2 Å². The summed E-state index contributed by atoms with van der Waals surface area (Å²) in [7, 11) is 0. The van der Waals surface area contributed by atoms with E-state index >= 15 is 0 Å². The van der Waals surface area contributed by atoms with Gasteiger partial charge < -0.3 is 9.15 Å². The highest BCUT2D eigenvalue weighted by molar-refractivity contribution is 6.06. The van der Waals surface area contributed by atoms with Crippen LogP contribution in [0.2, 0.25) is 0 Å². The highest BCUT2D eigenvalue weighted by atomic mass is 16.5. The lowest BCUT2D eigenvalue weighted by atomic mass is 10.0. The first-order valence-corrected chi connectivity index (χ1v) is 12.7. The van der Waals surface area contributed by atoms with Crippen molar-refractivity contribution in [2.24, 2.45) is 0 Å². The van der Waals surface area contributed by atoms with Gasteiger partial charge in [-0.15, -0.1) is 0 Å². The van der Waals surface area contributed by atoms with E-state index in [0.717, 1.165) is 22.3 Å². The van der Waals surface area contributed by atoms with Gasteiger partial charge >= 0.3 is 5.97 Å². The van der Waals surface area contributed by atoms with Crippen molar-refractivity contribution in [1.82, 2.24) is 4.98 Å². The van der Waals surface area contributed by atoms with E-state index in [1.54, 1.807) is 12.1 Å². The van der Waals surface area contributed by atoms with Gasteiger partial charge in [0.1, 0.15) is 5.58 Å². The maximum absolute atomic E-state index is 13.9. The van der Waals surface area contributed by atoms with Crippen molar-refractivity contribution in [2.75, 3.05) is 0 Å². The molecule has 0 aliphatic carbocycles. The Morgan fingerprint density at radius 2 is 1.46 bits per heavy atom. The van der Waals surface area contributed by atoms with Crippen molar-refractivity contribution in [2.45, 2.75) is 20.8 Å². The largest absolute Gasteiger partial charge is 0.452 e. The maximum atomic E-state index is 13.9. The number of hydrogen-bond donors (Lipinski definition) is 0. The second-order valence-corrected chi connectivity index (χ2v) is 9.74. The molecular formula is C34H25NO4. The number of carbonyl (C=O) groups is 1. The molecule has 5 heteroatoms. The van der Waals surface area contributed by atoms with Crippen molar-refractivity contribution >= 4 is 27.8 Å². The van der Waals surface area contributed by atoms with E-state index in [-0.39, 0.29) is 11.5 Å². The van der Waals surface area contributed by atoms with Crippen LogP contribution in [-0.2, 0) is 0 Å². The average Bonchev–Trinajstić information content (AvgIpc) is 2.95. The maximum Gasteiger partial charge on any atom is 0.344 e. The Morgan fingerprint density at radius 3 is 2.23 bits per heavy atom. The summed E-state index contributed by atoms with van der Waals surface area (Å²) >= 11 is 0. The fourth-order valence-electron chi connectivity index (χ4n) is 4.87. The van der Waals surface area contributed by atoms with E-state index in [2.05, 4.69) is 0 Å². The van der Waals surface area contributed by atoms with E-state index in [1.165, 1.54) is 0 Å². The highest BCUT2D eigenvalue weighted by Crippen LogP contribution is 2.34. The second kappa shape index (κ2) is 9.69. The standard InChI is InChI=1S/C34H25NO4/c1-20-13-15-24(16-14-20)32-33(30(36)27-18-21(2)17-22(3)31(27)38-32)39-34(37)26-19-29(23-9-5-4-6-10-23)35-28-12-8-7-11-25(26)28/h4-19H,1-3H3. The molecule has 6 rings (SSSR count). The molecule has 0 unspecified atom stereocenters. The fourth-order valence-corrected chi connectivity index (χ4v) is 4.87. The smallest absolute Gasteiger partial charge is 0.344 e. The molecule has 0 saturated heterocycles. The number of ether oxygens (including phenoxy) is 1. The molecule has 0 aliphatic rings. The summed E-state index contributed by atoms with van der Waals surface area (Å²) in [6.07, 6.45) is 0. The Balaban J connectivity index is 1.55. The molecular weight excluding hydrogens is 486 g/mol. The van der Waals surface area contributed by atoms with Crippen LogP contribution in [0, 0.1) is 20.8 Å². The number of fused-ring (bicyclic) bond motifs is 2. The lowest BCUT2D eigenvalue weighted by molar-refractivity contribution is 0.0733. The van der Waals surface area contributed by atoms with E-state index in [9.17, 15) is 9.59 Å². The number of benzene rings is 4. The van der Waals surface area contributed by atoms with Gasteiger partial charge in [0.15, 0.2) is 5.76 Å². The molecule has 39 heavy (non-hydrogen) atoms. The molecule has 0 amide bonds.